The molecular formula is C13H16N2S. The molecule has 0 aromatic carbocycles. The summed E-state index contributed by atoms with van der Waals surface area (Å²) in [6.07, 6.45) is 3.87. The fraction of sp³-hybridized carbons (Fsp3) is 0.385. The van der Waals surface area contributed by atoms with E-state index in [9.17, 15) is 0 Å². The van der Waals surface area contributed by atoms with Gasteiger partial charge in [-0.15, -0.1) is 11.3 Å². The summed E-state index contributed by atoms with van der Waals surface area (Å²) >= 11 is 1.74. The molecule has 0 amide bonds. The maximum atomic E-state index is 4.47. The van der Waals surface area contributed by atoms with E-state index in [1.807, 2.05) is 12.4 Å². The van der Waals surface area contributed by atoms with Gasteiger partial charge < -0.3 is 0 Å². The van der Waals surface area contributed by atoms with Gasteiger partial charge in [0.05, 0.1) is 0 Å². The lowest BCUT2D eigenvalue weighted by Gasteiger charge is -2.02. The Hall–Kier alpha value is -1.22. The monoisotopic (exact) mass is 232 g/mol. The lowest BCUT2D eigenvalue weighted by atomic mass is 10.2. The predicted molar refractivity (Wildman–Crippen MR) is 68.9 cm³/mol. The van der Waals surface area contributed by atoms with E-state index in [0.717, 1.165) is 10.7 Å². The maximum Gasteiger partial charge on any atom is 0.142 e. The van der Waals surface area contributed by atoms with Crippen molar-refractivity contribution in [1.29, 1.82) is 0 Å². The molecule has 16 heavy (non-hydrogen) atoms. The molecule has 0 bridgehead atoms. The first-order valence-corrected chi connectivity index (χ1v) is 6.29. The van der Waals surface area contributed by atoms with Gasteiger partial charge in [0, 0.05) is 17.3 Å². The number of rotatable bonds is 2. The first kappa shape index (κ1) is 11.3. The number of hydrogen-bond donors (Lipinski definition) is 0. The van der Waals surface area contributed by atoms with Crippen molar-refractivity contribution in [3.8, 4) is 10.7 Å². The molecule has 0 radical (unpaired) electrons. The van der Waals surface area contributed by atoms with Crippen molar-refractivity contribution >= 4 is 11.3 Å². The van der Waals surface area contributed by atoms with Crippen LogP contribution >= 0.6 is 11.3 Å². The van der Waals surface area contributed by atoms with Crippen molar-refractivity contribution in [3.05, 3.63) is 34.5 Å². The predicted octanol–water partition coefficient (Wildman–Crippen LogP) is 3.95. The van der Waals surface area contributed by atoms with Crippen LogP contribution in [0.25, 0.3) is 10.7 Å². The number of thiazole rings is 1. The third-order valence-electron chi connectivity index (χ3n) is 2.51. The smallest absolute Gasteiger partial charge is 0.142 e. The Labute approximate surface area is 100 Å². The molecule has 0 fully saturated rings. The molecule has 2 rings (SSSR count). The zero-order valence-corrected chi connectivity index (χ0v) is 10.9. The summed E-state index contributed by atoms with van der Waals surface area (Å²) in [5, 5.41) is 1.03. The summed E-state index contributed by atoms with van der Waals surface area (Å²) in [4.78, 5) is 10.2. The summed E-state index contributed by atoms with van der Waals surface area (Å²) in [7, 11) is 0. The number of nitrogens with zero attached hydrogens (tertiary/aromatic N) is 2. The van der Waals surface area contributed by atoms with Crippen molar-refractivity contribution in [2.45, 2.75) is 33.6 Å². The molecule has 0 saturated carbocycles. The topological polar surface area (TPSA) is 25.8 Å². The molecular weight excluding hydrogens is 216 g/mol. The summed E-state index contributed by atoms with van der Waals surface area (Å²) < 4.78 is 0. The molecule has 2 nitrogen and oxygen atoms in total. The Balaban J connectivity index is 2.42. The zero-order chi connectivity index (χ0) is 11.7. The molecule has 2 aromatic rings. The first-order chi connectivity index (χ1) is 7.58. The van der Waals surface area contributed by atoms with Crippen LogP contribution in [0.3, 0.4) is 0 Å². The highest BCUT2D eigenvalue weighted by Gasteiger charge is 2.10. The molecule has 3 heteroatoms. The molecule has 0 atom stereocenters. The van der Waals surface area contributed by atoms with E-state index < -0.39 is 0 Å². The van der Waals surface area contributed by atoms with Crippen molar-refractivity contribution < 1.29 is 0 Å². The van der Waals surface area contributed by atoms with Gasteiger partial charge in [0.2, 0.25) is 0 Å². The van der Waals surface area contributed by atoms with Crippen molar-refractivity contribution in [3.63, 3.8) is 0 Å². The molecule has 0 aliphatic heterocycles. The molecule has 0 N–H and O–H groups in total. The Bertz CT molecular complexity index is 500. The molecule has 0 spiro atoms. The maximum absolute atomic E-state index is 4.47. The van der Waals surface area contributed by atoms with Gasteiger partial charge in [-0.2, -0.15) is 0 Å². The average Bonchev–Trinajstić information content (AvgIpc) is 2.66. The van der Waals surface area contributed by atoms with E-state index in [0.29, 0.717) is 5.92 Å². The highest BCUT2D eigenvalue weighted by molar-refractivity contribution is 7.15. The van der Waals surface area contributed by atoms with Gasteiger partial charge in [0.15, 0.2) is 0 Å². The Kier molecular flexibility index (Phi) is 3.06. The van der Waals surface area contributed by atoms with Crippen LogP contribution in [0.4, 0.5) is 0 Å². The standard InChI is InChI=1S/C13H16N2S/c1-8(2)11-7-15-13(16-11)12-10(4)5-9(3)6-14-12/h5-8H,1-4H3. The van der Waals surface area contributed by atoms with Crippen LogP contribution < -0.4 is 0 Å². The highest BCUT2D eigenvalue weighted by Crippen LogP contribution is 2.29. The van der Waals surface area contributed by atoms with Crippen LogP contribution in [0.2, 0.25) is 0 Å². The van der Waals surface area contributed by atoms with Gasteiger partial charge in [-0.1, -0.05) is 19.9 Å². The largest absolute Gasteiger partial charge is 0.253 e. The second-order valence-electron chi connectivity index (χ2n) is 4.40. The van der Waals surface area contributed by atoms with E-state index in [4.69, 9.17) is 0 Å². The number of aryl methyl sites for hydroxylation is 2. The van der Waals surface area contributed by atoms with E-state index in [2.05, 4.69) is 43.7 Å². The van der Waals surface area contributed by atoms with Gasteiger partial charge in [-0.3, -0.25) is 4.98 Å². The Morgan fingerprint density at radius 3 is 2.44 bits per heavy atom. The molecule has 2 heterocycles. The molecule has 2 aromatic heterocycles. The van der Waals surface area contributed by atoms with Crippen molar-refractivity contribution in [2.24, 2.45) is 0 Å². The lowest BCUT2D eigenvalue weighted by Crippen LogP contribution is -1.88. The van der Waals surface area contributed by atoms with E-state index >= 15 is 0 Å². The van der Waals surface area contributed by atoms with Crippen LogP contribution in [0.5, 0.6) is 0 Å². The normalized spacial score (nSPS) is 11.1. The van der Waals surface area contributed by atoms with Crippen molar-refractivity contribution in [2.75, 3.05) is 0 Å². The fourth-order valence-electron chi connectivity index (χ4n) is 1.60. The lowest BCUT2D eigenvalue weighted by molar-refractivity contribution is 0.885. The van der Waals surface area contributed by atoms with Crippen molar-refractivity contribution in [1.82, 2.24) is 9.97 Å². The first-order valence-electron chi connectivity index (χ1n) is 5.47. The van der Waals surface area contributed by atoms with Crippen LogP contribution in [-0.4, -0.2) is 9.97 Å². The Morgan fingerprint density at radius 1 is 1.12 bits per heavy atom. The number of pyridine rings is 1. The van der Waals surface area contributed by atoms with Gasteiger partial charge in [0.1, 0.15) is 10.7 Å². The Morgan fingerprint density at radius 2 is 1.88 bits per heavy atom. The highest BCUT2D eigenvalue weighted by atomic mass is 32.1. The van der Waals surface area contributed by atoms with Crippen LogP contribution in [0.15, 0.2) is 18.5 Å². The summed E-state index contributed by atoms with van der Waals surface area (Å²) in [6.45, 7) is 8.52. The molecule has 0 unspecified atom stereocenters. The second kappa shape index (κ2) is 4.34. The van der Waals surface area contributed by atoms with Gasteiger partial charge in [-0.25, -0.2) is 4.98 Å². The fourth-order valence-corrected chi connectivity index (χ4v) is 2.58. The van der Waals surface area contributed by atoms with Gasteiger partial charge >= 0.3 is 0 Å². The molecule has 0 aliphatic rings. The number of aromatic nitrogens is 2. The minimum atomic E-state index is 0.539. The summed E-state index contributed by atoms with van der Waals surface area (Å²) in [5.41, 5.74) is 3.41. The third-order valence-corrected chi connectivity index (χ3v) is 3.81. The van der Waals surface area contributed by atoms with E-state index in [1.165, 1.54) is 16.0 Å². The minimum absolute atomic E-state index is 0.539. The van der Waals surface area contributed by atoms with Crippen LogP contribution in [0, 0.1) is 13.8 Å². The van der Waals surface area contributed by atoms with Crippen LogP contribution in [-0.2, 0) is 0 Å². The number of hydrogen-bond acceptors (Lipinski definition) is 3. The average molecular weight is 232 g/mol. The summed E-state index contributed by atoms with van der Waals surface area (Å²) in [5.74, 6) is 0.539. The van der Waals surface area contributed by atoms with Gasteiger partial charge in [-0.05, 0) is 30.9 Å². The quantitative estimate of drug-likeness (QED) is 0.783. The summed E-state index contributed by atoms with van der Waals surface area (Å²) in [6, 6.07) is 2.15. The minimum Gasteiger partial charge on any atom is -0.253 e. The van der Waals surface area contributed by atoms with Crippen LogP contribution in [0.1, 0.15) is 35.8 Å². The second-order valence-corrected chi connectivity index (χ2v) is 5.46. The SMILES string of the molecule is Cc1cnc(-c2ncc(C(C)C)s2)c(C)c1. The molecule has 84 valence electrons. The zero-order valence-electron chi connectivity index (χ0n) is 10.1. The van der Waals surface area contributed by atoms with E-state index in [1.54, 1.807) is 11.3 Å². The van der Waals surface area contributed by atoms with Gasteiger partial charge in [0.25, 0.3) is 0 Å². The molecule has 0 saturated heterocycles. The van der Waals surface area contributed by atoms with E-state index in [-0.39, 0.29) is 0 Å². The third kappa shape index (κ3) is 2.14. The molecule has 0 aliphatic carbocycles.